The van der Waals surface area contributed by atoms with Crippen molar-refractivity contribution in [3.63, 3.8) is 0 Å². The van der Waals surface area contributed by atoms with E-state index in [4.69, 9.17) is 0 Å². The van der Waals surface area contributed by atoms with E-state index in [0.717, 1.165) is 17.2 Å². The smallest absolute Gasteiger partial charge is 0.0172 e. The lowest BCUT2D eigenvalue weighted by Crippen LogP contribution is -2.45. The molecule has 0 radical (unpaired) electrons. The molecule has 0 spiro atoms. The highest BCUT2D eigenvalue weighted by Crippen LogP contribution is 2.28. The molecular formula is C13H24N2S. The Balaban J connectivity index is 1.43. The average molecular weight is 240 g/mol. The lowest BCUT2D eigenvalue weighted by Gasteiger charge is -2.32. The van der Waals surface area contributed by atoms with Crippen molar-refractivity contribution in [2.24, 2.45) is 5.92 Å². The Kier molecular flexibility index (Phi) is 3.75. The molecule has 0 aromatic rings. The van der Waals surface area contributed by atoms with Gasteiger partial charge in [0.1, 0.15) is 0 Å². The maximum atomic E-state index is 3.87. The molecule has 3 heteroatoms. The molecule has 3 rings (SSSR count). The van der Waals surface area contributed by atoms with E-state index in [9.17, 15) is 0 Å². The molecule has 0 saturated carbocycles. The van der Waals surface area contributed by atoms with Gasteiger partial charge in [-0.2, -0.15) is 11.8 Å². The predicted octanol–water partition coefficient (Wildman–Crippen LogP) is 1.96. The minimum atomic E-state index is 0.835. The summed E-state index contributed by atoms with van der Waals surface area (Å²) in [6.45, 7) is 5.34. The number of nitrogens with zero attached hydrogens (tertiary/aromatic N) is 1. The Morgan fingerprint density at radius 2 is 2.06 bits per heavy atom. The summed E-state index contributed by atoms with van der Waals surface area (Å²) < 4.78 is 0. The van der Waals surface area contributed by atoms with Gasteiger partial charge in [0.15, 0.2) is 0 Å². The topological polar surface area (TPSA) is 15.3 Å². The van der Waals surface area contributed by atoms with E-state index in [2.05, 4.69) is 22.0 Å². The van der Waals surface area contributed by atoms with Crippen LogP contribution in [0, 0.1) is 5.92 Å². The molecule has 2 nitrogen and oxygen atoms in total. The molecule has 16 heavy (non-hydrogen) atoms. The van der Waals surface area contributed by atoms with Gasteiger partial charge in [-0.1, -0.05) is 6.42 Å². The lowest BCUT2D eigenvalue weighted by atomic mass is 9.94. The van der Waals surface area contributed by atoms with Crippen molar-refractivity contribution in [2.75, 3.05) is 31.9 Å². The van der Waals surface area contributed by atoms with Crippen molar-refractivity contribution < 1.29 is 0 Å². The van der Waals surface area contributed by atoms with Gasteiger partial charge < -0.3 is 10.2 Å². The first-order valence-corrected chi connectivity index (χ1v) is 8.04. The highest BCUT2D eigenvalue weighted by atomic mass is 32.2. The molecule has 3 heterocycles. The number of hydrogen-bond acceptors (Lipinski definition) is 3. The predicted molar refractivity (Wildman–Crippen MR) is 71.1 cm³/mol. The van der Waals surface area contributed by atoms with Gasteiger partial charge >= 0.3 is 0 Å². The summed E-state index contributed by atoms with van der Waals surface area (Å²) in [5.41, 5.74) is 0. The third-order valence-corrected chi connectivity index (χ3v) is 5.91. The summed E-state index contributed by atoms with van der Waals surface area (Å²) in [6, 6.07) is 0.835. The molecule has 3 fully saturated rings. The Hall–Kier alpha value is 0.270. The Labute approximate surface area is 104 Å². The van der Waals surface area contributed by atoms with Crippen LogP contribution in [-0.4, -0.2) is 48.1 Å². The molecule has 0 aliphatic carbocycles. The van der Waals surface area contributed by atoms with Crippen LogP contribution >= 0.6 is 11.8 Å². The number of hydrogen-bond donors (Lipinski definition) is 1. The van der Waals surface area contributed by atoms with E-state index in [0.29, 0.717) is 0 Å². The number of fused-ring (bicyclic) bond motifs is 2. The average Bonchev–Trinajstić information content (AvgIpc) is 2.72. The highest BCUT2D eigenvalue weighted by Gasteiger charge is 2.34. The Morgan fingerprint density at radius 3 is 2.94 bits per heavy atom. The molecule has 92 valence electrons. The lowest BCUT2D eigenvalue weighted by molar-refractivity contribution is 0.221. The first kappa shape index (κ1) is 11.4. The van der Waals surface area contributed by atoms with Gasteiger partial charge in [-0.25, -0.2) is 0 Å². The molecule has 0 aromatic carbocycles. The van der Waals surface area contributed by atoms with Crippen LogP contribution < -0.4 is 5.32 Å². The van der Waals surface area contributed by atoms with Crippen LogP contribution in [0.4, 0.5) is 0 Å². The fraction of sp³-hybridized carbons (Fsp3) is 1.00. The molecule has 0 aromatic heterocycles. The molecule has 3 aliphatic rings. The third kappa shape index (κ3) is 2.57. The van der Waals surface area contributed by atoms with Gasteiger partial charge in [-0.15, -0.1) is 0 Å². The SMILES string of the molecule is C1CCC(CNC2CCN3CCC2C3)SC1. The maximum Gasteiger partial charge on any atom is 0.0172 e. The van der Waals surface area contributed by atoms with Gasteiger partial charge in [0, 0.05) is 24.4 Å². The zero-order chi connectivity index (χ0) is 10.8. The number of piperidine rings is 1. The second-order valence-corrected chi connectivity index (χ2v) is 7.05. The molecule has 2 bridgehead atoms. The zero-order valence-corrected chi connectivity index (χ0v) is 11.0. The monoisotopic (exact) mass is 240 g/mol. The second kappa shape index (κ2) is 5.28. The normalized spacial score (nSPS) is 43.5. The second-order valence-electron chi connectivity index (χ2n) is 5.64. The van der Waals surface area contributed by atoms with Crippen LogP contribution in [-0.2, 0) is 0 Å². The fourth-order valence-electron chi connectivity index (χ4n) is 3.47. The third-order valence-electron chi connectivity index (χ3n) is 4.52. The van der Waals surface area contributed by atoms with E-state index in [1.54, 1.807) is 0 Å². The first-order valence-electron chi connectivity index (χ1n) is 6.99. The molecule has 1 N–H and O–H groups in total. The number of thioether (sulfide) groups is 1. The Bertz CT molecular complexity index is 228. The summed E-state index contributed by atoms with van der Waals surface area (Å²) in [4.78, 5) is 2.64. The van der Waals surface area contributed by atoms with Crippen molar-refractivity contribution in [1.82, 2.24) is 10.2 Å². The molecule has 4 atom stereocenters. The molecule has 4 unspecified atom stereocenters. The van der Waals surface area contributed by atoms with Crippen LogP contribution in [0.1, 0.15) is 32.1 Å². The van der Waals surface area contributed by atoms with Crippen LogP contribution in [0.15, 0.2) is 0 Å². The number of rotatable bonds is 3. The van der Waals surface area contributed by atoms with Gasteiger partial charge in [0.2, 0.25) is 0 Å². The summed E-state index contributed by atoms with van der Waals surface area (Å²) in [5.74, 6) is 2.36. The van der Waals surface area contributed by atoms with E-state index >= 15 is 0 Å². The molecule has 3 saturated heterocycles. The van der Waals surface area contributed by atoms with E-state index in [1.165, 1.54) is 64.0 Å². The van der Waals surface area contributed by atoms with Crippen LogP contribution in [0.3, 0.4) is 0 Å². The highest BCUT2D eigenvalue weighted by molar-refractivity contribution is 7.99. The maximum absolute atomic E-state index is 3.87. The summed E-state index contributed by atoms with van der Waals surface area (Å²) in [6.07, 6.45) is 7.18. The van der Waals surface area contributed by atoms with Crippen LogP contribution in [0.5, 0.6) is 0 Å². The van der Waals surface area contributed by atoms with E-state index in [1.807, 2.05) is 0 Å². The summed E-state index contributed by atoms with van der Waals surface area (Å²) in [5, 5.41) is 4.78. The van der Waals surface area contributed by atoms with Crippen LogP contribution in [0.2, 0.25) is 0 Å². The largest absolute Gasteiger partial charge is 0.313 e. The van der Waals surface area contributed by atoms with Crippen molar-refractivity contribution >= 4 is 11.8 Å². The number of nitrogens with one attached hydrogen (secondary N) is 1. The van der Waals surface area contributed by atoms with Gasteiger partial charge in [0.25, 0.3) is 0 Å². The summed E-state index contributed by atoms with van der Waals surface area (Å²) >= 11 is 2.20. The summed E-state index contributed by atoms with van der Waals surface area (Å²) in [7, 11) is 0. The Morgan fingerprint density at radius 1 is 1.12 bits per heavy atom. The van der Waals surface area contributed by atoms with Gasteiger partial charge in [0.05, 0.1) is 0 Å². The van der Waals surface area contributed by atoms with E-state index in [-0.39, 0.29) is 0 Å². The standard InChI is InChI=1S/C13H24N2S/c1-2-8-16-12(3-1)9-14-13-5-7-15-6-4-11(13)10-15/h11-14H,1-10H2. The van der Waals surface area contributed by atoms with Crippen molar-refractivity contribution in [3.8, 4) is 0 Å². The molecule has 0 amide bonds. The first-order chi connectivity index (χ1) is 7.92. The van der Waals surface area contributed by atoms with E-state index < -0.39 is 0 Å². The van der Waals surface area contributed by atoms with Crippen molar-refractivity contribution in [2.45, 2.75) is 43.4 Å². The van der Waals surface area contributed by atoms with Crippen molar-refractivity contribution in [3.05, 3.63) is 0 Å². The van der Waals surface area contributed by atoms with Crippen LogP contribution in [0.25, 0.3) is 0 Å². The fourth-order valence-corrected chi connectivity index (χ4v) is 4.72. The van der Waals surface area contributed by atoms with Crippen molar-refractivity contribution in [1.29, 1.82) is 0 Å². The molecular weight excluding hydrogens is 216 g/mol. The minimum absolute atomic E-state index is 0.835. The zero-order valence-electron chi connectivity index (χ0n) is 10.2. The van der Waals surface area contributed by atoms with Gasteiger partial charge in [-0.3, -0.25) is 0 Å². The molecule has 3 aliphatic heterocycles. The quantitative estimate of drug-likeness (QED) is 0.812. The van der Waals surface area contributed by atoms with Gasteiger partial charge in [-0.05, 0) is 50.4 Å². The minimum Gasteiger partial charge on any atom is -0.313 e.